The molecule has 2 heterocycles. The van der Waals surface area contributed by atoms with Gasteiger partial charge >= 0.3 is 0 Å². The molecule has 0 bridgehead atoms. The number of fused-ring (bicyclic) bond motifs is 1. The molecule has 2 aromatic rings. The lowest BCUT2D eigenvalue weighted by Crippen LogP contribution is -2.31. The van der Waals surface area contributed by atoms with Gasteiger partial charge in [0.05, 0.1) is 4.88 Å². The van der Waals surface area contributed by atoms with Crippen LogP contribution in [0.5, 0.6) is 5.75 Å². The zero-order chi connectivity index (χ0) is 17.2. The second kappa shape index (κ2) is 6.98. The van der Waals surface area contributed by atoms with E-state index in [4.69, 9.17) is 4.74 Å². The Morgan fingerprint density at radius 3 is 2.83 bits per heavy atom. The van der Waals surface area contributed by atoms with E-state index < -0.39 is 5.60 Å². The van der Waals surface area contributed by atoms with E-state index >= 15 is 0 Å². The highest BCUT2D eigenvalue weighted by molar-refractivity contribution is 7.12. The van der Waals surface area contributed by atoms with Gasteiger partial charge in [-0.15, -0.1) is 11.3 Å². The van der Waals surface area contributed by atoms with Crippen LogP contribution in [0, 0.1) is 11.8 Å². The first-order valence-corrected chi connectivity index (χ1v) is 8.98. The number of likely N-dealkylation sites (N-methyl/N-ethyl adjacent to an activating group) is 1. The smallest absolute Gasteiger partial charge is 0.123 e. The van der Waals surface area contributed by atoms with Gasteiger partial charge in [0, 0.05) is 24.4 Å². The lowest BCUT2D eigenvalue weighted by molar-refractivity contribution is 0.143. The maximum absolute atomic E-state index is 9.67. The van der Waals surface area contributed by atoms with Crippen molar-refractivity contribution in [2.24, 2.45) is 0 Å². The van der Waals surface area contributed by atoms with E-state index in [-0.39, 0.29) is 6.10 Å². The Labute approximate surface area is 147 Å². The van der Waals surface area contributed by atoms with Gasteiger partial charge in [-0.05, 0) is 44.7 Å². The maximum atomic E-state index is 9.67. The van der Waals surface area contributed by atoms with E-state index in [0.717, 1.165) is 30.1 Å². The molecule has 0 radical (unpaired) electrons. The lowest BCUT2D eigenvalue weighted by atomic mass is 10.1. The third-order valence-corrected chi connectivity index (χ3v) is 4.79. The molecule has 1 aromatic heterocycles. The van der Waals surface area contributed by atoms with Crippen LogP contribution in [0.4, 0.5) is 0 Å². The summed E-state index contributed by atoms with van der Waals surface area (Å²) < 4.78 is 6.01. The van der Waals surface area contributed by atoms with E-state index in [9.17, 15) is 5.11 Å². The fraction of sp³-hybridized carbons (Fsp3) is 0.400. The van der Waals surface area contributed by atoms with Crippen LogP contribution in [0.1, 0.15) is 29.2 Å². The number of ether oxygens (including phenoxy) is 1. The van der Waals surface area contributed by atoms with Gasteiger partial charge in [-0.1, -0.05) is 30.0 Å². The Morgan fingerprint density at radius 1 is 1.29 bits per heavy atom. The summed E-state index contributed by atoms with van der Waals surface area (Å²) in [7, 11) is 2.12. The van der Waals surface area contributed by atoms with Crippen molar-refractivity contribution in [1.29, 1.82) is 0 Å². The summed E-state index contributed by atoms with van der Waals surface area (Å²) in [6, 6.07) is 12.4. The van der Waals surface area contributed by atoms with E-state index in [1.165, 1.54) is 10.4 Å². The van der Waals surface area contributed by atoms with E-state index in [1.54, 1.807) is 25.2 Å². The molecule has 3 rings (SSSR count). The lowest BCUT2D eigenvalue weighted by Gasteiger charge is -2.20. The minimum Gasteiger partial charge on any atom is -0.488 e. The minimum absolute atomic E-state index is 0.224. The fourth-order valence-corrected chi connectivity index (χ4v) is 3.72. The van der Waals surface area contributed by atoms with Crippen molar-refractivity contribution >= 4 is 11.3 Å². The van der Waals surface area contributed by atoms with Crippen LogP contribution in [0.2, 0.25) is 0 Å². The van der Waals surface area contributed by atoms with Crippen molar-refractivity contribution in [2.75, 3.05) is 13.6 Å². The first-order chi connectivity index (χ1) is 11.4. The summed E-state index contributed by atoms with van der Waals surface area (Å²) in [6.07, 6.45) is 1.20. The Kier molecular flexibility index (Phi) is 4.96. The zero-order valence-electron chi connectivity index (χ0n) is 14.4. The van der Waals surface area contributed by atoms with Crippen molar-refractivity contribution in [3.8, 4) is 17.6 Å². The molecule has 1 aromatic carbocycles. The number of thiophene rings is 1. The van der Waals surface area contributed by atoms with Gasteiger partial charge in [-0.2, -0.15) is 0 Å². The molecule has 0 unspecified atom stereocenters. The molecule has 0 fully saturated rings. The molecule has 0 saturated heterocycles. The summed E-state index contributed by atoms with van der Waals surface area (Å²) in [6.45, 7) is 5.17. The van der Waals surface area contributed by atoms with Crippen molar-refractivity contribution in [2.45, 2.75) is 38.5 Å². The minimum atomic E-state index is -0.949. The normalized spacial score (nSPS) is 16.5. The average Bonchev–Trinajstić information content (AvgIpc) is 3.10. The van der Waals surface area contributed by atoms with Crippen LogP contribution >= 0.6 is 11.3 Å². The summed E-state index contributed by atoms with van der Waals surface area (Å²) in [5.74, 6) is 6.92. The van der Waals surface area contributed by atoms with Gasteiger partial charge in [-0.3, -0.25) is 4.90 Å². The quantitative estimate of drug-likeness (QED) is 0.866. The first-order valence-electron chi connectivity index (χ1n) is 8.16. The fourth-order valence-electron chi connectivity index (χ4n) is 2.78. The molecule has 126 valence electrons. The Morgan fingerprint density at radius 2 is 2.08 bits per heavy atom. The number of benzene rings is 1. The van der Waals surface area contributed by atoms with Crippen LogP contribution in [0.15, 0.2) is 36.4 Å². The second-order valence-corrected chi connectivity index (χ2v) is 7.99. The number of nitrogens with zero attached hydrogens (tertiary/aromatic N) is 1. The van der Waals surface area contributed by atoms with E-state index in [1.807, 2.05) is 18.2 Å². The highest BCUT2D eigenvalue weighted by atomic mass is 32.1. The van der Waals surface area contributed by atoms with Gasteiger partial charge in [-0.25, -0.2) is 0 Å². The summed E-state index contributed by atoms with van der Waals surface area (Å²) in [4.78, 5) is 4.55. The SMILES string of the molecule is CN(Cc1ccc(C#CC(C)(C)O)s1)C[C@H]1Cc2ccccc2O1. The Balaban J connectivity index is 1.54. The number of aliphatic hydroxyl groups is 1. The van der Waals surface area contributed by atoms with Gasteiger partial charge in [0.15, 0.2) is 0 Å². The van der Waals surface area contributed by atoms with Gasteiger partial charge in [0.2, 0.25) is 0 Å². The molecule has 1 aliphatic rings. The number of hydrogen-bond donors (Lipinski definition) is 1. The molecule has 0 saturated carbocycles. The topological polar surface area (TPSA) is 32.7 Å². The van der Waals surface area contributed by atoms with E-state index in [2.05, 4.69) is 42.0 Å². The van der Waals surface area contributed by atoms with Crippen molar-refractivity contribution in [1.82, 2.24) is 4.90 Å². The molecule has 1 aliphatic heterocycles. The monoisotopic (exact) mass is 341 g/mol. The van der Waals surface area contributed by atoms with Crippen LogP contribution in [0.3, 0.4) is 0 Å². The van der Waals surface area contributed by atoms with Crippen LogP contribution in [-0.2, 0) is 13.0 Å². The van der Waals surface area contributed by atoms with Crippen molar-refractivity contribution in [3.63, 3.8) is 0 Å². The molecule has 4 heteroatoms. The molecule has 3 nitrogen and oxygen atoms in total. The van der Waals surface area contributed by atoms with Gasteiger partial charge in [0.1, 0.15) is 17.5 Å². The van der Waals surface area contributed by atoms with Crippen LogP contribution in [0.25, 0.3) is 0 Å². The second-order valence-electron chi connectivity index (χ2n) is 6.82. The maximum Gasteiger partial charge on any atom is 0.123 e. The van der Waals surface area contributed by atoms with E-state index in [0.29, 0.717) is 0 Å². The predicted octanol–water partition coefficient (Wildman–Crippen LogP) is 3.31. The molecule has 24 heavy (non-hydrogen) atoms. The third-order valence-electron chi connectivity index (χ3n) is 3.81. The molecule has 1 atom stereocenters. The highest BCUT2D eigenvalue weighted by Gasteiger charge is 2.23. The molecular formula is C20H23NO2S. The first kappa shape index (κ1) is 17.0. The number of rotatable bonds is 4. The number of hydrogen-bond acceptors (Lipinski definition) is 4. The highest BCUT2D eigenvalue weighted by Crippen LogP contribution is 2.28. The largest absolute Gasteiger partial charge is 0.488 e. The van der Waals surface area contributed by atoms with Crippen molar-refractivity contribution < 1.29 is 9.84 Å². The van der Waals surface area contributed by atoms with Gasteiger partial charge in [0.25, 0.3) is 0 Å². The van der Waals surface area contributed by atoms with Crippen molar-refractivity contribution in [3.05, 3.63) is 51.7 Å². The zero-order valence-corrected chi connectivity index (χ0v) is 15.2. The summed E-state index contributed by atoms with van der Waals surface area (Å²) in [5, 5.41) is 9.67. The van der Waals surface area contributed by atoms with Gasteiger partial charge < -0.3 is 9.84 Å². The average molecular weight is 341 g/mol. The Bertz CT molecular complexity index is 739. The predicted molar refractivity (Wildman–Crippen MR) is 98.4 cm³/mol. The van der Waals surface area contributed by atoms with Crippen LogP contribution in [-0.4, -0.2) is 35.3 Å². The third kappa shape index (κ3) is 4.61. The Hall–Kier alpha value is -1.80. The number of para-hydroxylation sites is 1. The molecule has 0 aliphatic carbocycles. The van der Waals surface area contributed by atoms with Crippen LogP contribution < -0.4 is 4.74 Å². The molecular weight excluding hydrogens is 318 g/mol. The molecule has 0 amide bonds. The summed E-state index contributed by atoms with van der Waals surface area (Å²) in [5.41, 5.74) is 0.353. The standard InChI is InChI=1S/C20H23NO2S/c1-20(2,22)11-10-17-8-9-18(24-17)14-21(3)13-16-12-15-6-4-5-7-19(15)23-16/h4-9,16,22H,12-14H2,1-3H3/t16-/m1/s1. The molecule has 0 spiro atoms. The summed E-state index contributed by atoms with van der Waals surface area (Å²) >= 11 is 1.68. The molecule has 1 N–H and O–H groups in total.